The van der Waals surface area contributed by atoms with Gasteiger partial charge in [0.05, 0.1) is 12.7 Å². The predicted octanol–water partition coefficient (Wildman–Crippen LogP) is 6.60. The minimum absolute atomic E-state index is 0.00681. The van der Waals surface area contributed by atoms with E-state index in [4.69, 9.17) is 16.3 Å². The molecule has 48 heavy (non-hydrogen) atoms. The molecule has 4 heterocycles. The molecule has 0 spiro atoms. The summed E-state index contributed by atoms with van der Waals surface area (Å²) in [5.74, 6) is 0.0614. The van der Waals surface area contributed by atoms with Crippen molar-refractivity contribution in [1.29, 1.82) is 0 Å². The van der Waals surface area contributed by atoms with E-state index in [1.165, 1.54) is 18.4 Å². The van der Waals surface area contributed by atoms with Gasteiger partial charge in [0.2, 0.25) is 11.8 Å². The van der Waals surface area contributed by atoms with Crippen LogP contribution in [0.1, 0.15) is 66.3 Å². The second kappa shape index (κ2) is 13.9. The van der Waals surface area contributed by atoms with Gasteiger partial charge >= 0.3 is 0 Å². The van der Waals surface area contributed by atoms with E-state index in [9.17, 15) is 19.2 Å². The summed E-state index contributed by atoms with van der Waals surface area (Å²) in [6.07, 6.45) is 11.1. The molecule has 10 heteroatoms. The summed E-state index contributed by atoms with van der Waals surface area (Å²) in [6.45, 7) is 4.19. The number of amides is 2. The van der Waals surface area contributed by atoms with Crippen LogP contribution in [0.2, 0.25) is 5.02 Å². The normalized spacial score (nSPS) is 15.6. The lowest BCUT2D eigenvalue weighted by atomic mass is 9.93. The maximum atomic E-state index is 12.0. The average molecular weight is 669 g/mol. The Hall–Kier alpha value is -4.47. The maximum Gasteiger partial charge on any atom is 0.253 e. The first-order valence-electron chi connectivity index (χ1n) is 16.5. The zero-order valence-electron chi connectivity index (χ0n) is 27.9. The van der Waals surface area contributed by atoms with Gasteiger partial charge in [-0.15, -0.1) is 0 Å². The number of halogens is 1. The van der Waals surface area contributed by atoms with Crippen LogP contribution in [0.5, 0.6) is 0 Å². The van der Waals surface area contributed by atoms with Crippen molar-refractivity contribution in [2.24, 2.45) is 14.1 Å². The van der Waals surface area contributed by atoms with Crippen LogP contribution in [0, 0.1) is 13.8 Å². The van der Waals surface area contributed by atoms with E-state index in [1.807, 2.05) is 43.5 Å². The number of aryl methyl sites for hydroxylation is 4. The Labute approximate surface area is 284 Å². The highest BCUT2D eigenvalue weighted by Gasteiger charge is 2.22. The Morgan fingerprint density at radius 3 is 1.73 bits per heavy atom. The zero-order chi connectivity index (χ0) is 34.1. The summed E-state index contributed by atoms with van der Waals surface area (Å²) < 4.78 is 9.33. The number of anilines is 2. The van der Waals surface area contributed by atoms with Crippen LogP contribution < -0.4 is 21.8 Å². The van der Waals surface area contributed by atoms with Crippen LogP contribution in [0.3, 0.4) is 0 Å². The van der Waals surface area contributed by atoms with Crippen molar-refractivity contribution in [2.75, 3.05) is 10.6 Å². The molecule has 0 radical (unpaired) electrons. The molecule has 4 aromatic rings. The molecule has 0 saturated heterocycles. The highest BCUT2D eigenvalue weighted by molar-refractivity contribution is 6.32. The molecule has 1 aliphatic carbocycles. The minimum atomic E-state index is -0.0175. The number of benzene rings is 2. The second-order valence-electron chi connectivity index (χ2n) is 13.1. The van der Waals surface area contributed by atoms with Crippen LogP contribution in [0.25, 0.3) is 22.3 Å². The molecule has 3 aliphatic rings. The monoisotopic (exact) mass is 668 g/mol. The number of hydrogen-bond donors (Lipinski definition) is 2. The number of carbonyl (C=O) groups is 2. The molecule has 1 fully saturated rings. The van der Waals surface area contributed by atoms with Gasteiger partial charge in [-0.05, 0) is 115 Å². The number of nitrogens with zero attached hydrogens (tertiary/aromatic N) is 2. The Morgan fingerprint density at radius 1 is 0.688 bits per heavy atom. The molecule has 9 nitrogen and oxygen atoms in total. The molecular weight excluding hydrogens is 628 g/mol. The number of fused-ring (bicyclic) bond motifs is 2. The Morgan fingerprint density at radius 2 is 1.19 bits per heavy atom. The van der Waals surface area contributed by atoms with Crippen LogP contribution in [0.15, 0.2) is 58.4 Å². The maximum absolute atomic E-state index is 12.0. The van der Waals surface area contributed by atoms with E-state index >= 15 is 0 Å². The van der Waals surface area contributed by atoms with Gasteiger partial charge in [-0.2, -0.15) is 0 Å². The highest BCUT2D eigenvalue weighted by Crippen LogP contribution is 2.36. The molecule has 0 atom stereocenters. The van der Waals surface area contributed by atoms with E-state index in [-0.39, 0.29) is 22.9 Å². The molecule has 2 aliphatic heterocycles. The lowest BCUT2D eigenvalue weighted by molar-refractivity contribution is -0.117. The van der Waals surface area contributed by atoms with Gasteiger partial charge in [0.15, 0.2) is 0 Å². The van der Waals surface area contributed by atoms with Gasteiger partial charge in [-0.25, -0.2) is 0 Å². The van der Waals surface area contributed by atoms with Crippen LogP contribution in [-0.4, -0.2) is 27.1 Å². The fourth-order valence-electron chi connectivity index (χ4n) is 6.84. The molecule has 2 amide bonds. The number of rotatable bonds is 5. The average Bonchev–Trinajstić information content (AvgIpc) is 3.58. The molecule has 2 N–H and O–H groups in total. The van der Waals surface area contributed by atoms with E-state index in [2.05, 4.69) is 16.7 Å². The minimum Gasteiger partial charge on any atom is -0.374 e. The highest BCUT2D eigenvalue weighted by atomic mass is 35.5. The fourth-order valence-corrected chi connectivity index (χ4v) is 7.15. The van der Waals surface area contributed by atoms with Crippen molar-refractivity contribution in [3.05, 3.63) is 102 Å². The third kappa shape index (κ3) is 7.17. The summed E-state index contributed by atoms with van der Waals surface area (Å²) in [4.78, 5) is 47.3. The first-order chi connectivity index (χ1) is 23.0. The van der Waals surface area contributed by atoms with Crippen molar-refractivity contribution < 1.29 is 14.3 Å². The van der Waals surface area contributed by atoms with Gasteiger partial charge in [0.1, 0.15) is 0 Å². The van der Waals surface area contributed by atoms with Crippen LogP contribution >= 0.6 is 11.6 Å². The molecule has 0 bridgehead atoms. The van der Waals surface area contributed by atoms with Gasteiger partial charge in [-0.3, -0.25) is 19.2 Å². The third-order valence-corrected chi connectivity index (χ3v) is 9.80. The first-order valence-corrected chi connectivity index (χ1v) is 16.9. The second-order valence-corrected chi connectivity index (χ2v) is 13.5. The number of nitrogens with one attached hydrogen (secondary N) is 2. The molecule has 0 unspecified atom stereocenters. The van der Waals surface area contributed by atoms with Gasteiger partial charge < -0.3 is 24.5 Å². The van der Waals surface area contributed by atoms with Crippen molar-refractivity contribution in [2.45, 2.75) is 77.9 Å². The molecule has 7 rings (SSSR count). The Bertz CT molecular complexity index is 1990. The van der Waals surface area contributed by atoms with Gasteiger partial charge in [0, 0.05) is 66.9 Å². The van der Waals surface area contributed by atoms with E-state index in [0.29, 0.717) is 48.1 Å². The molecule has 1 saturated carbocycles. The zero-order valence-corrected chi connectivity index (χ0v) is 28.6. The molecule has 2 aromatic heterocycles. The smallest absolute Gasteiger partial charge is 0.253 e. The topological polar surface area (TPSA) is 111 Å². The largest absolute Gasteiger partial charge is 0.374 e. The number of pyridine rings is 2. The Balaban J connectivity index is 0.000000173. The third-order valence-electron chi connectivity index (χ3n) is 9.46. The van der Waals surface area contributed by atoms with E-state index < -0.39 is 0 Å². The lowest BCUT2D eigenvalue weighted by Gasteiger charge is -2.23. The van der Waals surface area contributed by atoms with Crippen molar-refractivity contribution in [1.82, 2.24) is 9.13 Å². The van der Waals surface area contributed by atoms with E-state index in [0.717, 1.165) is 64.0 Å². The SMILES string of the molecule is Cc1cc(-c2cc(COC3CCCC3)c3c(c2)NC(=O)CC3)cn(C)c1=O.Cc1cc(-c2cc(Cl)c3c(c2)NC(=O)CC3)cn(C)c1=O. The van der Waals surface area contributed by atoms with Crippen molar-refractivity contribution >= 4 is 34.8 Å². The summed E-state index contributed by atoms with van der Waals surface area (Å²) in [5, 5.41) is 6.52. The first kappa shape index (κ1) is 33.4. The summed E-state index contributed by atoms with van der Waals surface area (Å²) >= 11 is 6.34. The van der Waals surface area contributed by atoms with E-state index in [1.54, 1.807) is 36.4 Å². The predicted molar refractivity (Wildman–Crippen MR) is 190 cm³/mol. The van der Waals surface area contributed by atoms with Crippen LogP contribution in [-0.2, 0) is 47.9 Å². The van der Waals surface area contributed by atoms with Gasteiger partial charge in [0.25, 0.3) is 11.1 Å². The molecule has 250 valence electrons. The number of aromatic nitrogens is 2. The number of ether oxygens (including phenoxy) is 1. The lowest BCUT2D eigenvalue weighted by Crippen LogP contribution is -2.21. The number of hydrogen-bond acceptors (Lipinski definition) is 5. The summed E-state index contributed by atoms with van der Waals surface area (Å²) in [5.41, 5.74) is 10.1. The summed E-state index contributed by atoms with van der Waals surface area (Å²) in [6, 6.07) is 11.7. The van der Waals surface area contributed by atoms with Crippen molar-refractivity contribution in [3.63, 3.8) is 0 Å². The standard InChI is InChI=1S/C22H26N2O3.C16H15ClN2O2/c1-14-9-16(12-24(2)22(14)26)15-10-17(13-27-18-5-3-4-6-18)19-7-8-21(25)23-20(19)11-15;1-9-5-11(8-19(2)16(9)21)10-6-13(17)12-3-4-15(20)18-14(12)7-10/h9-12,18H,3-8,13H2,1-2H3,(H,23,25);5-8H,3-4H2,1-2H3,(H,18,20). The van der Waals surface area contributed by atoms with Crippen molar-refractivity contribution in [3.8, 4) is 22.3 Å². The quantitative estimate of drug-likeness (QED) is 0.249. The van der Waals surface area contributed by atoms with Crippen LogP contribution in [0.4, 0.5) is 11.4 Å². The number of carbonyl (C=O) groups excluding carboxylic acids is 2. The molecular formula is C38H41ClN4O5. The van der Waals surface area contributed by atoms with Gasteiger partial charge in [-0.1, -0.05) is 24.4 Å². The Kier molecular flexibility index (Phi) is 9.71. The fraction of sp³-hybridized carbons (Fsp3) is 0.368. The molecule has 2 aromatic carbocycles. The summed E-state index contributed by atoms with van der Waals surface area (Å²) in [7, 11) is 3.49.